The molecule has 0 saturated carbocycles. The number of hydrogen-bond acceptors (Lipinski definition) is 4. The van der Waals surface area contributed by atoms with Crippen molar-refractivity contribution >= 4 is 12.0 Å². The lowest BCUT2D eigenvalue weighted by Crippen LogP contribution is -2.40. The zero-order valence-electron chi connectivity index (χ0n) is 10.6. The van der Waals surface area contributed by atoms with Crippen LogP contribution < -0.4 is 5.32 Å². The highest BCUT2D eigenvalue weighted by molar-refractivity contribution is 5.75. The summed E-state index contributed by atoms with van der Waals surface area (Å²) in [6.45, 7) is 1.94. The number of carbonyl (C=O) groups is 2. The highest BCUT2D eigenvalue weighted by Crippen LogP contribution is 2.07. The number of amides is 2. The van der Waals surface area contributed by atoms with Gasteiger partial charge in [0.2, 0.25) is 0 Å². The van der Waals surface area contributed by atoms with Crippen LogP contribution in [0.3, 0.4) is 0 Å². The zero-order valence-corrected chi connectivity index (χ0v) is 10.6. The molecule has 8 nitrogen and oxygen atoms in total. The van der Waals surface area contributed by atoms with Gasteiger partial charge >= 0.3 is 12.0 Å². The summed E-state index contributed by atoms with van der Waals surface area (Å²) in [6.07, 6.45) is 1.47. The molecule has 0 bridgehead atoms. The van der Waals surface area contributed by atoms with E-state index >= 15 is 0 Å². The van der Waals surface area contributed by atoms with Gasteiger partial charge in [0, 0.05) is 20.6 Å². The Bertz CT molecular complexity index is 431. The van der Waals surface area contributed by atoms with E-state index in [-0.39, 0.29) is 25.0 Å². The quantitative estimate of drug-likeness (QED) is 0.770. The maximum Gasteiger partial charge on any atom is 0.317 e. The van der Waals surface area contributed by atoms with Gasteiger partial charge in [0.15, 0.2) is 5.82 Å². The number of urea groups is 1. The monoisotopic (exact) mass is 255 g/mol. The van der Waals surface area contributed by atoms with Gasteiger partial charge in [-0.3, -0.25) is 4.79 Å². The summed E-state index contributed by atoms with van der Waals surface area (Å²) in [5, 5.41) is 18.9. The molecule has 1 unspecified atom stereocenters. The topological polar surface area (TPSA) is 100 Å². The average molecular weight is 255 g/mol. The maximum atomic E-state index is 11.7. The first-order valence-electron chi connectivity index (χ1n) is 5.49. The predicted octanol–water partition coefficient (Wildman–Crippen LogP) is -0.00780. The lowest BCUT2D eigenvalue weighted by Gasteiger charge is -2.20. The van der Waals surface area contributed by atoms with Gasteiger partial charge in [-0.25, -0.2) is 4.79 Å². The van der Waals surface area contributed by atoms with Crippen LogP contribution in [0.2, 0.25) is 0 Å². The summed E-state index contributed by atoms with van der Waals surface area (Å²) < 4.78 is 1.71. The Balaban J connectivity index is 2.49. The molecule has 100 valence electrons. The van der Waals surface area contributed by atoms with Gasteiger partial charge in [0.1, 0.15) is 6.33 Å². The lowest BCUT2D eigenvalue weighted by molar-refractivity contribution is -0.137. The Labute approximate surface area is 105 Å². The van der Waals surface area contributed by atoms with E-state index in [1.54, 1.807) is 31.9 Å². The predicted molar refractivity (Wildman–Crippen MR) is 62.8 cm³/mol. The highest BCUT2D eigenvalue weighted by Gasteiger charge is 2.17. The van der Waals surface area contributed by atoms with E-state index in [0.29, 0.717) is 5.82 Å². The van der Waals surface area contributed by atoms with Crippen LogP contribution in [0.15, 0.2) is 6.33 Å². The van der Waals surface area contributed by atoms with Crippen molar-refractivity contribution < 1.29 is 14.7 Å². The highest BCUT2D eigenvalue weighted by atomic mass is 16.4. The first kappa shape index (κ1) is 13.9. The number of carboxylic acids is 1. The van der Waals surface area contributed by atoms with Gasteiger partial charge in [-0.15, -0.1) is 10.2 Å². The van der Waals surface area contributed by atoms with Crippen LogP contribution in [0, 0.1) is 0 Å². The van der Waals surface area contributed by atoms with Crippen LogP contribution in [0.5, 0.6) is 0 Å². The Kier molecular flexibility index (Phi) is 4.64. The molecule has 1 aromatic rings. The minimum absolute atomic E-state index is 0.0811. The van der Waals surface area contributed by atoms with E-state index in [1.807, 2.05) is 0 Å². The maximum absolute atomic E-state index is 11.7. The number of nitrogens with zero attached hydrogens (tertiary/aromatic N) is 4. The molecule has 2 N–H and O–H groups in total. The van der Waals surface area contributed by atoms with Gasteiger partial charge in [-0.1, -0.05) is 0 Å². The first-order valence-corrected chi connectivity index (χ1v) is 5.49. The van der Waals surface area contributed by atoms with Crippen LogP contribution in [0.25, 0.3) is 0 Å². The molecule has 0 aromatic carbocycles. The third-order valence-corrected chi connectivity index (χ3v) is 2.48. The number of aliphatic carboxylic acids is 1. The molecule has 2 amide bonds. The van der Waals surface area contributed by atoms with E-state index in [0.717, 1.165) is 0 Å². The summed E-state index contributed by atoms with van der Waals surface area (Å²) >= 11 is 0. The minimum Gasteiger partial charge on any atom is -0.481 e. The van der Waals surface area contributed by atoms with Crippen molar-refractivity contribution in [2.75, 3.05) is 13.6 Å². The van der Waals surface area contributed by atoms with Gasteiger partial charge in [-0.2, -0.15) is 0 Å². The van der Waals surface area contributed by atoms with Crippen LogP contribution in [-0.2, 0) is 11.8 Å². The minimum atomic E-state index is -0.934. The second kappa shape index (κ2) is 5.99. The Morgan fingerprint density at radius 3 is 2.78 bits per heavy atom. The van der Waals surface area contributed by atoms with Crippen molar-refractivity contribution in [1.82, 2.24) is 25.0 Å². The van der Waals surface area contributed by atoms with Crippen molar-refractivity contribution in [3.63, 3.8) is 0 Å². The molecule has 0 aliphatic carbocycles. The normalized spacial score (nSPS) is 11.9. The number of rotatable bonds is 5. The number of hydrogen-bond donors (Lipinski definition) is 2. The second-order valence-electron chi connectivity index (χ2n) is 4.04. The fraction of sp³-hybridized carbons (Fsp3) is 0.600. The summed E-state index contributed by atoms with van der Waals surface area (Å²) in [5.74, 6) is -0.300. The molecule has 1 heterocycles. The lowest BCUT2D eigenvalue weighted by atomic mass is 10.3. The van der Waals surface area contributed by atoms with Crippen molar-refractivity contribution in [2.24, 2.45) is 7.05 Å². The molecule has 1 rings (SSSR count). The Morgan fingerprint density at radius 1 is 1.61 bits per heavy atom. The number of carbonyl (C=O) groups excluding carboxylic acids is 1. The summed E-state index contributed by atoms with van der Waals surface area (Å²) in [6, 6.07) is -0.635. The molecule has 8 heteroatoms. The average Bonchev–Trinajstić information content (AvgIpc) is 2.72. The smallest absolute Gasteiger partial charge is 0.317 e. The Morgan fingerprint density at radius 2 is 2.28 bits per heavy atom. The molecule has 0 aliphatic heterocycles. The number of aromatic nitrogens is 3. The van der Waals surface area contributed by atoms with Crippen LogP contribution in [0.4, 0.5) is 4.79 Å². The summed E-state index contributed by atoms with van der Waals surface area (Å²) in [4.78, 5) is 23.5. The molecule has 0 saturated heterocycles. The fourth-order valence-corrected chi connectivity index (χ4v) is 1.41. The van der Waals surface area contributed by atoms with Gasteiger partial charge in [0.25, 0.3) is 0 Å². The van der Waals surface area contributed by atoms with E-state index in [4.69, 9.17) is 5.11 Å². The van der Waals surface area contributed by atoms with E-state index < -0.39 is 5.97 Å². The van der Waals surface area contributed by atoms with Gasteiger partial charge in [-0.05, 0) is 6.92 Å². The largest absolute Gasteiger partial charge is 0.481 e. The van der Waals surface area contributed by atoms with Crippen LogP contribution in [-0.4, -0.2) is 50.4 Å². The summed E-state index contributed by atoms with van der Waals surface area (Å²) in [5.41, 5.74) is 0. The number of carboxylic acid groups (broad SMARTS) is 1. The number of aryl methyl sites for hydroxylation is 1. The molecule has 1 atom stereocenters. The molecular formula is C10H17N5O3. The fourth-order valence-electron chi connectivity index (χ4n) is 1.41. The molecular weight excluding hydrogens is 238 g/mol. The molecule has 0 fully saturated rings. The van der Waals surface area contributed by atoms with Crippen LogP contribution >= 0.6 is 0 Å². The zero-order chi connectivity index (χ0) is 13.7. The van der Waals surface area contributed by atoms with Gasteiger partial charge < -0.3 is 19.9 Å². The third kappa shape index (κ3) is 3.72. The molecule has 0 aliphatic rings. The van der Waals surface area contributed by atoms with Gasteiger partial charge in [0.05, 0.1) is 12.5 Å². The molecule has 18 heavy (non-hydrogen) atoms. The summed E-state index contributed by atoms with van der Waals surface area (Å²) in [7, 11) is 3.33. The Hall–Kier alpha value is -2.12. The standard InChI is InChI=1S/C10H17N5O3/c1-7(9-13-11-6-15(9)3)12-10(18)14(2)5-4-8(16)17/h6-7H,4-5H2,1-3H3,(H,12,18)(H,16,17). The molecule has 0 spiro atoms. The number of nitrogens with one attached hydrogen (secondary N) is 1. The van der Waals surface area contributed by atoms with Crippen molar-refractivity contribution in [2.45, 2.75) is 19.4 Å². The first-order chi connectivity index (χ1) is 8.41. The van der Waals surface area contributed by atoms with E-state index in [2.05, 4.69) is 15.5 Å². The van der Waals surface area contributed by atoms with E-state index in [1.165, 1.54) is 4.90 Å². The molecule has 0 radical (unpaired) electrons. The third-order valence-electron chi connectivity index (χ3n) is 2.48. The van der Waals surface area contributed by atoms with Crippen molar-refractivity contribution in [3.8, 4) is 0 Å². The second-order valence-corrected chi connectivity index (χ2v) is 4.04. The SMILES string of the molecule is CC(NC(=O)N(C)CCC(=O)O)c1nncn1C. The van der Waals surface area contributed by atoms with Crippen molar-refractivity contribution in [1.29, 1.82) is 0 Å². The van der Waals surface area contributed by atoms with E-state index in [9.17, 15) is 9.59 Å². The van der Waals surface area contributed by atoms with Crippen LogP contribution in [0.1, 0.15) is 25.2 Å². The van der Waals surface area contributed by atoms with Crippen molar-refractivity contribution in [3.05, 3.63) is 12.2 Å². The molecule has 1 aromatic heterocycles.